The Morgan fingerprint density at radius 2 is 1.96 bits per heavy atom. The van der Waals surface area contributed by atoms with Crippen LogP contribution in [0.3, 0.4) is 0 Å². The van der Waals surface area contributed by atoms with Crippen molar-refractivity contribution < 1.29 is 14.3 Å². The van der Waals surface area contributed by atoms with Gasteiger partial charge in [0, 0.05) is 34.0 Å². The molecule has 0 radical (unpaired) electrons. The average molecular weight is 394 g/mol. The summed E-state index contributed by atoms with van der Waals surface area (Å²) in [5.41, 5.74) is 2.44. The molecule has 0 aromatic heterocycles. The summed E-state index contributed by atoms with van der Waals surface area (Å²) in [5.74, 6) is 0.132. The highest BCUT2D eigenvalue weighted by Crippen LogP contribution is 2.62. The summed E-state index contributed by atoms with van der Waals surface area (Å²) in [6, 6.07) is 13.4. The predicted molar refractivity (Wildman–Crippen MR) is 108 cm³/mol. The Hall–Kier alpha value is -2.59. The number of hydrogen-bond donors (Lipinski definition) is 1. The Kier molecular flexibility index (Phi) is 3.72. The van der Waals surface area contributed by atoms with E-state index in [-0.39, 0.29) is 29.8 Å². The second-order valence-electron chi connectivity index (χ2n) is 7.94. The molecule has 1 aliphatic carbocycles. The highest BCUT2D eigenvalue weighted by molar-refractivity contribution is 6.30. The van der Waals surface area contributed by atoms with Gasteiger partial charge in [-0.1, -0.05) is 42.8 Å². The van der Waals surface area contributed by atoms with Crippen LogP contribution in [0.2, 0.25) is 5.02 Å². The maximum atomic E-state index is 13.6. The molecular weight excluding hydrogens is 374 g/mol. The van der Waals surface area contributed by atoms with Crippen LogP contribution in [0.4, 0.5) is 5.69 Å². The van der Waals surface area contributed by atoms with Crippen LogP contribution in [-0.2, 0) is 15.0 Å². The van der Waals surface area contributed by atoms with E-state index in [2.05, 4.69) is 5.32 Å². The van der Waals surface area contributed by atoms with E-state index >= 15 is 0 Å². The number of carbonyl (C=O) groups excluding carboxylic acids is 2. The third-order valence-electron chi connectivity index (χ3n) is 6.74. The van der Waals surface area contributed by atoms with Crippen LogP contribution in [0, 0.1) is 11.8 Å². The van der Waals surface area contributed by atoms with Crippen molar-refractivity contribution in [2.24, 2.45) is 11.8 Å². The number of fused-ring (bicyclic) bond motifs is 6. The molecule has 0 saturated heterocycles. The molecule has 0 fully saturated rings. The number of carbonyl (C=O) groups is 2. The van der Waals surface area contributed by atoms with Gasteiger partial charge in [-0.3, -0.25) is 9.59 Å². The van der Waals surface area contributed by atoms with Gasteiger partial charge >= 0.3 is 0 Å². The minimum atomic E-state index is -0.885. The molecule has 28 heavy (non-hydrogen) atoms. The van der Waals surface area contributed by atoms with Gasteiger partial charge in [0.1, 0.15) is 18.1 Å². The summed E-state index contributed by atoms with van der Waals surface area (Å²) in [7, 11) is 0. The largest absolute Gasteiger partial charge is 0.490 e. The van der Waals surface area contributed by atoms with E-state index in [0.29, 0.717) is 10.6 Å². The number of rotatable bonds is 1. The quantitative estimate of drug-likeness (QED) is 0.726. The van der Waals surface area contributed by atoms with Gasteiger partial charge in [0.2, 0.25) is 5.91 Å². The molecule has 2 aromatic rings. The van der Waals surface area contributed by atoms with Crippen molar-refractivity contribution in [1.82, 2.24) is 0 Å². The molecule has 2 heterocycles. The first-order valence-electron chi connectivity index (χ1n) is 9.52. The van der Waals surface area contributed by atoms with E-state index < -0.39 is 5.41 Å². The lowest BCUT2D eigenvalue weighted by molar-refractivity contribution is -0.125. The fraction of sp³-hybridized carbons (Fsp3) is 0.304. The molecule has 2 aromatic carbocycles. The second-order valence-corrected chi connectivity index (χ2v) is 8.37. The zero-order valence-corrected chi connectivity index (χ0v) is 16.4. The lowest BCUT2D eigenvalue weighted by Crippen LogP contribution is -2.55. The normalized spacial score (nSPS) is 32.5. The number of hydrogen-bond acceptors (Lipinski definition) is 3. The molecule has 1 amide bonds. The fourth-order valence-electron chi connectivity index (χ4n) is 5.49. The summed E-state index contributed by atoms with van der Waals surface area (Å²) in [6.45, 7) is 3.97. The van der Waals surface area contributed by atoms with Crippen LogP contribution < -0.4 is 10.1 Å². The van der Waals surface area contributed by atoms with E-state index in [0.717, 1.165) is 28.8 Å². The molecule has 142 valence electrons. The first kappa shape index (κ1) is 17.5. The number of halogens is 1. The summed E-state index contributed by atoms with van der Waals surface area (Å²) in [6.07, 6.45) is 2.71. The molecule has 1 spiro atoms. The fourth-order valence-corrected chi connectivity index (χ4v) is 5.67. The molecule has 4 nitrogen and oxygen atoms in total. The van der Waals surface area contributed by atoms with Gasteiger partial charge in [0.15, 0.2) is 0 Å². The van der Waals surface area contributed by atoms with Gasteiger partial charge in [-0.05, 0) is 42.3 Å². The van der Waals surface area contributed by atoms with Crippen LogP contribution in [-0.4, -0.2) is 18.3 Å². The SMILES string of the molecule is C[C@@H]1C(C=O)=C[C@H]2[C@@H](c3cc(Cl)ccc3O[C@@H]2C)[C@@]12C(=O)Nc1ccccc12. The van der Waals surface area contributed by atoms with E-state index in [4.69, 9.17) is 16.3 Å². The highest BCUT2D eigenvalue weighted by atomic mass is 35.5. The first-order valence-corrected chi connectivity index (χ1v) is 9.90. The Morgan fingerprint density at radius 1 is 1.18 bits per heavy atom. The van der Waals surface area contributed by atoms with Gasteiger partial charge < -0.3 is 10.1 Å². The Bertz CT molecular complexity index is 1050. The zero-order valence-electron chi connectivity index (χ0n) is 15.6. The number of aldehydes is 1. The number of anilines is 1. The highest BCUT2D eigenvalue weighted by Gasteiger charge is 2.62. The monoisotopic (exact) mass is 393 g/mol. The number of benzene rings is 2. The number of para-hydroxylation sites is 1. The smallest absolute Gasteiger partial charge is 0.236 e. The van der Waals surface area contributed by atoms with Crippen molar-refractivity contribution >= 4 is 29.5 Å². The number of allylic oxidation sites excluding steroid dienone is 1. The molecule has 5 atom stereocenters. The summed E-state index contributed by atoms with van der Waals surface area (Å²) in [4.78, 5) is 25.6. The molecule has 5 heteroatoms. The van der Waals surface area contributed by atoms with Crippen LogP contribution in [0.15, 0.2) is 54.1 Å². The van der Waals surface area contributed by atoms with E-state index in [1.807, 2.05) is 62.4 Å². The van der Waals surface area contributed by atoms with Crippen molar-refractivity contribution in [1.29, 1.82) is 0 Å². The lowest BCUT2D eigenvalue weighted by atomic mass is 9.52. The second kappa shape index (κ2) is 5.95. The van der Waals surface area contributed by atoms with Gasteiger partial charge in [0.25, 0.3) is 0 Å². The zero-order chi connectivity index (χ0) is 19.6. The van der Waals surface area contributed by atoms with Crippen LogP contribution in [0.5, 0.6) is 5.75 Å². The summed E-state index contributed by atoms with van der Waals surface area (Å²) in [5, 5.41) is 3.68. The van der Waals surface area contributed by atoms with Gasteiger partial charge in [-0.15, -0.1) is 0 Å². The minimum absolute atomic E-state index is 0.0660. The van der Waals surface area contributed by atoms with Gasteiger partial charge in [0.05, 0.1) is 5.41 Å². The maximum Gasteiger partial charge on any atom is 0.236 e. The summed E-state index contributed by atoms with van der Waals surface area (Å²) >= 11 is 6.34. The molecule has 0 bridgehead atoms. The standard InChI is InChI=1S/C23H20ClNO3/c1-12-14(11-26)9-16-13(2)28-20-8-7-15(24)10-17(20)21(16)23(12)18-5-3-4-6-19(18)25-22(23)27/h3-13,16,21H,1-2H3,(H,25,27)/t12-,13-,16-,21+,23-/m1/s1. The van der Waals surface area contributed by atoms with Crippen molar-refractivity contribution in [2.75, 3.05) is 5.32 Å². The predicted octanol–water partition coefficient (Wildman–Crippen LogP) is 4.49. The Labute approximate surface area is 168 Å². The molecule has 1 N–H and O–H groups in total. The van der Waals surface area contributed by atoms with E-state index in [1.165, 1.54) is 0 Å². The summed E-state index contributed by atoms with van der Waals surface area (Å²) < 4.78 is 6.16. The third kappa shape index (κ3) is 2.07. The maximum absolute atomic E-state index is 13.6. The van der Waals surface area contributed by atoms with Crippen LogP contribution >= 0.6 is 11.6 Å². The Balaban J connectivity index is 1.87. The molecular formula is C23H20ClNO3. The van der Waals surface area contributed by atoms with Crippen LogP contribution in [0.1, 0.15) is 30.9 Å². The number of nitrogens with one attached hydrogen (secondary N) is 1. The average Bonchev–Trinajstić information content (AvgIpc) is 2.97. The number of amides is 1. The molecule has 5 rings (SSSR count). The van der Waals surface area contributed by atoms with E-state index in [1.54, 1.807) is 0 Å². The van der Waals surface area contributed by atoms with Crippen LogP contribution in [0.25, 0.3) is 0 Å². The van der Waals surface area contributed by atoms with E-state index in [9.17, 15) is 9.59 Å². The van der Waals surface area contributed by atoms with Crippen molar-refractivity contribution in [3.63, 3.8) is 0 Å². The van der Waals surface area contributed by atoms with Crippen molar-refractivity contribution in [3.8, 4) is 5.75 Å². The van der Waals surface area contributed by atoms with Gasteiger partial charge in [-0.25, -0.2) is 0 Å². The minimum Gasteiger partial charge on any atom is -0.490 e. The Morgan fingerprint density at radius 3 is 2.75 bits per heavy atom. The topological polar surface area (TPSA) is 55.4 Å². The van der Waals surface area contributed by atoms with Crippen molar-refractivity contribution in [3.05, 3.63) is 70.3 Å². The third-order valence-corrected chi connectivity index (χ3v) is 6.97. The molecule has 0 unspecified atom stereocenters. The number of ether oxygens (including phenoxy) is 1. The first-order chi connectivity index (χ1) is 13.5. The lowest BCUT2D eigenvalue weighted by Gasteiger charge is -2.51. The van der Waals surface area contributed by atoms with Crippen molar-refractivity contribution in [2.45, 2.75) is 31.3 Å². The molecule has 2 aliphatic heterocycles. The molecule has 0 saturated carbocycles. The van der Waals surface area contributed by atoms with Gasteiger partial charge in [-0.2, -0.15) is 0 Å². The molecule has 3 aliphatic rings.